The molecule has 2 heterocycles. The number of ether oxygens (including phenoxy) is 1. The molecule has 1 atom stereocenters. The third-order valence-corrected chi connectivity index (χ3v) is 3.06. The lowest BCUT2D eigenvalue weighted by molar-refractivity contribution is 0.0773. The van der Waals surface area contributed by atoms with Gasteiger partial charge in [-0.3, -0.25) is 0 Å². The number of nitrogens with zero attached hydrogens (tertiary/aromatic N) is 2. The van der Waals surface area contributed by atoms with Crippen molar-refractivity contribution in [1.82, 2.24) is 10.1 Å². The fourth-order valence-electron chi connectivity index (χ4n) is 1.71. The van der Waals surface area contributed by atoms with E-state index in [1.165, 1.54) is 0 Å². The van der Waals surface area contributed by atoms with Gasteiger partial charge in [0.15, 0.2) is 5.82 Å². The molecular weight excluding hydrogens is 206 g/mol. The molecule has 1 unspecified atom stereocenters. The van der Waals surface area contributed by atoms with Gasteiger partial charge in [0.2, 0.25) is 5.89 Å². The zero-order valence-corrected chi connectivity index (χ0v) is 9.90. The Morgan fingerprint density at radius 2 is 2.31 bits per heavy atom. The minimum atomic E-state index is -0.249. The Hall–Kier alpha value is -0.940. The van der Waals surface area contributed by atoms with Gasteiger partial charge in [0, 0.05) is 19.1 Å². The summed E-state index contributed by atoms with van der Waals surface area (Å²) in [7, 11) is 0. The highest BCUT2D eigenvalue weighted by Crippen LogP contribution is 2.26. The van der Waals surface area contributed by atoms with Crippen LogP contribution in [0.2, 0.25) is 0 Å². The van der Waals surface area contributed by atoms with E-state index in [-0.39, 0.29) is 11.3 Å². The molecule has 0 aromatic carbocycles. The average Bonchev–Trinajstić information content (AvgIpc) is 2.80. The maximum absolute atomic E-state index is 5.67. The van der Waals surface area contributed by atoms with Crippen LogP contribution in [0, 0.1) is 0 Å². The van der Waals surface area contributed by atoms with Gasteiger partial charge in [-0.05, 0) is 26.7 Å². The lowest BCUT2D eigenvalue weighted by Gasteiger charge is -2.19. The molecule has 0 radical (unpaired) electrons. The predicted octanol–water partition coefficient (Wildman–Crippen LogP) is 1.20. The summed E-state index contributed by atoms with van der Waals surface area (Å²) in [5.74, 6) is 1.66. The van der Waals surface area contributed by atoms with Crippen LogP contribution < -0.4 is 5.73 Å². The van der Waals surface area contributed by atoms with E-state index in [9.17, 15) is 0 Å². The second-order valence-corrected chi connectivity index (χ2v) is 4.96. The minimum absolute atomic E-state index is 0.249. The molecule has 1 aromatic heterocycles. The molecule has 5 nitrogen and oxygen atoms in total. The molecular formula is C11H19N3O2. The molecule has 0 spiro atoms. The Morgan fingerprint density at radius 3 is 2.94 bits per heavy atom. The Kier molecular flexibility index (Phi) is 3.25. The zero-order chi connectivity index (χ0) is 11.6. The highest BCUT2D eigenvalue weighted by Gasteiger charge is 2.28. The summed E-state index contributed by atoms with van der Waals surface area (Å²) >= 11 is 0. The maximum atomic E-state index is 5.67. The number of aromatic nitrogens is 2. The van der Waals surface area contributed by atoms with Crippen molar-refractivity contribution in [2.24, 2.45) is 5.73 Å². The normalized spacial score (nSPS) is 22.3. The largest absolute Gasteiger partial charge is 0.381 e. The molecule has 1 saturated heterocycles. The Balaban J connectivity index is 2.12. The van der Waals surface area contributed by atoms with Crippen LogP contribution in [0.4, 0.5) is 0 Å². The SMILES string of the molecule is CC(C)(CN)c1nc(C2CCCOC2)no1. The average molecular weight is 225 g/mol. The van der Waals surface area contributed by atoms with Crippen LogP contribution in [0.3, 0.4) is 0 Å². The number of hydrogen-bond acceptors (Lipinski definition) is 5. The van der Waals surface area contributed by atoms with Crippen LogP contribution in [0.1, 0.15) is 44.3 Å². The maximum Gasteiger partial charge on any atom is 0.233 e. The molecule has 16 heavy (non-hydrogen) atoms. The molecule has 1 aliphatic rings. The summed E-state index contributed by atoms with van der Waals surface area (Å²) in [6, 6.07) is 0. The van der Waals surface area contributed by atoms with Crippen molar-refractivity contribution in [1.29, 1.82) is 0 Å². The van der Waals surface area contributed by atoms with Gasteiger partial charge in [0.25, 0.3) is 0 Å². The smallest absolute Gasteiger partial charge is 0.233 e. The molecule has 0 saturated carbocycles. The standard InChI is InChI=1S/C11H19N3O2/c1-11(2,7-12)10-13-9(14-16-10)8-4-3-5-15-6-8/h8H,3-7,12H2,1-2H3. The van der Waals surface area contributed by atoms with Gasteiger partial charge in [-0.1, -0.05) is 5.16 Å². The van der Waals surface area contributed by atoms with Crippen LogP contribution in [-0.2, 0) is 10.2 Å². The fourth-order valence-corrected chi connectivity index (χ4v) is 1.71. The minimum Gasteiger partial charge on any atom is -0.381 e. The molecule has 0 aliphatic carbocycles. The van der Waals surface area contributed by atoms with Gasteiger partial charge < -0.3 is 15.0 Å². The quantitative estimate of drug-likeness (QED) is 0.836. The highest BCUT2D eigenvalue weighted by atomic mass is 16.5. The summed E-state index contributed by atoms with van der Waals surface area (Å²) in [5, 5.41) is 4.03. The molecule has 0 bridgehead atoms. The van der Waals surface area contributed by atoms with Crippen LogP contribution in [0.15, 0.2) is 4.52 Å². The van der Waals surface area contributed by atoms with Crippen molar-refractivity contribution in [3.63, 3.8) is 0 Å². The molecule has 2 N–H and O–H groups in total. The molecule has 0 amide bonds. The van der Waals surface area contributed by atoms with E-state index < -0.39 is 0 Å². The lowest BCUT2D eigenvalue weighted by Crippen LogP contribution is -2.28. The van der Waals surface area contributed by atoms with E-state index in [0.29, 0.717) is 19.0 Å². The first kappa shape index (κ1) is 11.5. The fraction of sp³-hybridized carbons (Fsp3) is 0.818. The number of nitrogens with two attached hydrogens (primary N) is 1. The predicted molar refractivity (Wildman–Crippen MR) is 59.2 cm³/mol. The first-order valence-electron chi connectivity index (χ1n) is 5.75. The second kappa shape index (κ2) is 4.51. The Morgan fingerprint density at radius 1 is 1.50 bits per heavy atom. The summed E-state index contributed by atoms with van der Waals surface area (Å²) in [5.41, 5.74) is 5.42. The van der Waals surface area contributed by atoms with E-state index in [2.05, 4.69) is 10.1 Å². The van der Waals surface area contributed by atoms with E-state index in [1.807, 2.05) is 13.8 Å². The summed E-state index contributed by atoms with van der Waals surface area (Å²) in [6.45, 7) is 6.04. The van der Waals surface area contributed by atoms with Gasteiger partial charge in [-0.2, -0.15) is 4.98 Å². The monoisotopic (exact) mass is 225 g/mol. The topological polar surface area (TPSA) is 74.2 Å². The van der Waals surface area contributed by atoms with Gasteiger partial charge in [-0.15, -0.1) is 0 Å². The molecule has 90 valence electrons. The molecule has 1 fully saturated rings. The van der Waals surface area contributed by atoms with E-state index >= 15 is 0 Å². The summed E-state index contributed by atoms with van der Waals surface area (Å²) in [6.07, 6.45) is 2.14. The van der Waals surface area contributed by atoms with Gasteiger partial charge in [0.1, 0.15) is 0 Å². The van der Waals surface area contributed by atoms with E-state index in [4.69, 9.17) is 15.0 Å². The van der Waals surface area contributed by atoms with Gasteiger partial charge in [-0.25, -0.2) is 0 Å². The van der Waals surface area contributed by atoms with E-state index in [1.54, 1.807) is 0 Å². The van der Waals surface area contributed by atoms with Crippen molar-refractivity contribution in [3.8, 4) is 0 Å². The Bertz CT molecular complexity index is 343. The van der Waals surface area contributed by atoms with Crippen molar-refractivity contribution in [2.45, 2.75) is 38.0 Å². The molecule has 5 heteroatoms. The molecule has 2 rings (SSSR count). The third kappa shape index (κ3) is 2.25. The zero-order valence-electron chi connectivity index (χ0n) is 9.90. The van der Waals surface area contributed by atoms with Gasteiger partial charge in [0.05, 0.1) is 12.0 Å². The molecule has 1 aromatic rings. The first-order valence-corrected chi connectivity index (χ1v) is 5.75. The van der Waals surface area contributed by atoms with Crippen LogP contribution in [-0.4, -0.2) is 29.9 Å². The van der Waals surface area contributed by atoms with E-state index in [0.717, 1.165) is 25.3 Å². The van der Waals surface area contributed by atoms with Gasteiger partial charge >= 0.3 is 0 Å². The van der Waals surface area contributed by atoms with Crippen molar-refractivity contribution in [3.05, 3.63) is 11.7 Å². The number of rotatable bonds is 3. The van der Waals surface area contributed by atoms with Crippen LogP contribution in [0.25, 0.3) is 0 Å². The summed E-state index contributed by atoms with van der Waals surface area (Å²) < 4.78 is 10.7. The Labute approximate surface area is 95.3 Å². The highest BCUT2D eigenvalue weighted by molar-refractivity contribution is 5.04. The lowest BCUT2D eigenvalue weighted by atomic mass is 9.94. The van der Waals surface area contributed by atoms with Crippen molar-refractivity contribution < 1.29 is 9.26 Å². The van der Waals surface area contributed by atoms with Crippen LogP contribution in [0.5, 0.6) is 0 Å². The van der Waals surface area contributed by atoms with Crippen LogP contribution >= 0.6 is 0 Å². The molecule has 1 aliphatic heterocycles. The third-order valence-electron chi connectivity index (χ3n) is 3.06. The number of hydrogen-bond donors (Lipinski definition) is 1. The summed E-state index contributed by atoms with van der Waals surface area (Å²) in [4.78, 5) is 4.44. The first-order chi connectivity index (χ1) is 7.63. The van der Waals surface area contributed by atoms with Crippen molar-refractivity contribution in [2.75, 3.05) is 19.8 Å². The van der Waals surface area contributed by atoms with Crippen molar-refractivity contribution >= 4 is 0 Å². The second-order valence-electron chi connectivity index (χ2n) is 4.96.